The smallest absolute Gasteiger partial charge is 0.191 e. The van der Waals surface area contributed by atoms with Crippen molar-refractivity contribution >= 4 is 5.96 Å². The van der Waals surface area contributed by atoms with Gasteiger partial charge in [-0.05, 0) is 32.4 Å². The number of ether oxygens (including phenoxy) is 3. The maximum atomic E-state index is 5.95. The van der Waals surface area contributed by atoms with Crippen LogP contribution in [0.15, 0.2) is 23.2 Å². The van der Waals surface area contributed by atoms with E-state index in [0.29, 0.717) is 13.1 Å². The van der Waals surface area contributed by atoms with E-state index in [-0.39, 0.29) is 11.7 Å². The Hall–Kier alpha value is -1.79. The van der Waals surface area contributed by atoms with Gasteiger partial charge >= 0.3 is 0 Å². The highest BCUT2D eigenvalue weighted by atomic mass is 16.5. The number of aryl methyl sites for hydroxylation is 1. The predicted octanol–water partition coefficient (Wildman–Crippen LogP) is 2.64. The van der Waals surface area contributed by atoms with Crippen LogP contribution in [0.3, 0.4) is 0 Å². The molecule has 146 valence electrons. The molecule has 1 aliphatic heterocycles. The van der Waals surface area contributed by atoms with Crippen molar-refractivity contribution in [1.29, 1.82) is 0 Å². The fourth-order valence-electron chi connectivity index (χ4n) is 3.01. The van der Waals surface area contributed by atoms with Gasteiger partial charge in [0.05, 0.1) is 11.7 Å². The first-order chi connectivity index (χ1) is 12.5. The van der Waals surface area contributed by atoms with E-state index in [1.165, 1.54) is 5.56 Å². The average Bonchev–Trinajstić information content (AvgIpc) is 2.63. The third-order valence-electron chi connectivity index (χ3n) is 4.67. The number of nitrogens with one attached hydrogen (secondary N) is 2. The molecule has 6 heteroatoms. The molecule has 0 aromatic heterocycles. The fraction of sp³-hybridized carbons (Fsp3) is 0.650. The SMILES string of the molecule is CN=C(NCc1ccc(C)cc1OC(C)C)NCC1(OC)CCOCC1. The number of guanidine groups is 1. The summed E-state index contributed by atoms with van der Waals surface area (Å²) in [5, 5.41) is 6.76. The molecule has 0 spiro atoms. The number of rotatable bonds is 7. The third-order valence-corrected chi connectivity index (χ3v) is 4.67. The van der Waals surface area contributed by atoms with Crippen LogP contribution in [0.2, 0.25) is 0 Å². The van der Waals surface area contributed by atoms with Crippen LogP contribution in [0.25, 0.3) is 0 Å². The number of hydrogen-bond acceptors (Lipinski definition) is 4. The van der Waals surface area contributed by atoms with Gasteiger partial charge in [0.1, 0.15) is 5.75 Å². The molecule has 0 saturated carbocycles. The second-order valence-corrected chi connectivity index (χ2v) is 7.06. The molecule has 0 aliphatic carbocycles. The van der Waals surface area contributed by atoms with Crippen LogP contribution in [0.5, 0.6) is 5.75 Å². The fourth-order valence-corrected chi connectivity index (χ4v) is 3.01. The van der Waals surface area contributed by atoms with Crippen LogP contribution in [-0.2, 0) is 16.0 Å². The topological polar surface area (TPSA) is 64.1 Å². The van der Waals surface area contributed by atoms with E-state index < -0.39 is 0 Å². The molecule has 1 fully saturated rings. The van der Waals surface area contributed by atoms with Gasteiger partial charge in [-0.2, -0.15) is 0 Å². The number of hydrogen-bond donors (Lipinski definition) is 2. The van der Waals surface area contributed by atoms with Crippen molar-refractivity contribution in [2.75, 3.05) is 33.9 Å². The Balaban J connectivity index is 1.94. The Morgan fingerprint density at radius 1 is 1.27 bits per heavy atom. The van der Waals surface area contributed by atoms with Gasteiger partial charge in [0.2, 0.25) is 0 Å². The minimum absolute atomic E-state index is 0.142. The lowest BCUT2D eigenvalue weighted by molar-refractivity contribution is -0.0855. The Morgan fingerprint density at radius 2 is 2.00 bits per heavy atom. The van der Waals surface area contributed by atoms with Crippen LogP contribution >= 0.6 is 0 Å². The molecule has 0 atom stereocenters. The molecule has 1 aromatic rings. The van der Waals surface area contributed by atoms with Crippen molar-refractivity contribution < 1.29 is 14.2 Å². The summed E-state index contributed by atoms with van der Waals surface area (Å²) in [5.74, 6) is 1.67. The van der Waals surface area contributed by atoms with Crippen molar-refractivity contribution in [3.63, 3.8) is 0 Å². The van der Waals surface area contributed by atoms with Crippen LogP contribution in [0.1, 0.15) is 37.8 Å². The maximum absolute atomic E-state index is 5.95. The molecule has 0 radical (unpaired) electrons. The molecule has 6 nitrogen and oxygen atoms in total. The summed E-state index contributed by atoms with van der Waals surface area (Å²) in [7, 11) is 3.55. The quantitative estimate of drug-likeness (QED) is 0.576. The molecule has 2 N–H and O–H groups in total. The highest BCUT2D eigenvalue weighted by molar-refractivity contribution is 5.79. The van der Waals surface area contributed by atoms with E-state index in [9.17, 15) is 0 Å². The molecular weight excluding hydrogens is 330 g/mol. The Bertz CT molecular complexity index is 596. The van der Waals surface area contributed by atoms with Gasteiger partial charge < -0.3 is 24.8 Å². The minimum atomic E-state index is -0.189. The lowest BCUT2D eigenvalue weighted by atomic mass is 9.94. The lowest BCUT2D eigenvalue weighted by Gasteiger charge is -2.36. The second-order valence-electron chi connectivity index (χ2n) is 7.06. The van der Waals surface area contributed by atoms with Gasteiger partial charge in [-0.3, -0.25) is 4.99 Å². The van der Waals surface area contributed by atoms with Crippen molar-refractivity contribution in [2.24, 2.45) is 4.99 Å². The molecular formula is C20H33N3O3. The zero-order chi connectivity index (χ0) is 19.0. The first-order valence-electron chi connectivity index (χ1n) is 9.31. The van der Waals surface area contributed by atoms with E-state index >= 15 is 0 Å². The van der Waals surface area contributed by atoms with E-state index in [2.05, 4.69) is 40.7 Å². The van der Waals surface area contributed by atoms with Gasteiger partial charge in [-0.15, -0.1) is 0 Å². The maximum Gasteiger partial charge on any atom is 0.191 e. The third kappa shape index (κ3) is 5.88. The van der Waals surface area contributed by atoms with Gasteiger partial charge in [-0.1, -0.05) is 12.1 Å². The number of methoxy groups -OCH3 is 1. The summed E-state index contributed by atoms with van der Waals surface area (Å²) >= 11 is 0. The average molecular weight is 364 g/mol. The predicted molar refractivity (Wildman–Crippen MR) is 105 cm³/mol. The van der Waals surface area contributed by atoms with Crippen molar-refractivity contribution in [3.8, 4) is 5.75 Å². The molecule has 0 unspecified atom stereocenters. The summed E-state index contributed by atoms with van der Waals surface area (Å²) in [5.41, 5.74) is 2.11. The summed E-state index contributed by atoms with van der Waals surface area (Å²) in [6, 6.07) is 6.28. The first-order valence-corrected chi connectivity index (χ1v) is 9.31. The van der Waals surface area contributed by atoms with Crippen LogP contribution < -0.4 is 15.4 Å². The largest absolute Gasteiger partial charge is 0.491 e. The molecule has 1 aliphatic rings. The molecule has 1 heterocycles. The highest BCUT2D eigenvalue weighted by Crippen LogP contribution is 2.24. The summed E-state index contributed by atoms with van der Waals surface area (Å²) in [6.07, 6.45) is 1.92. The highest BCUT2D eigenvalue weighted by Gasteiger charge is 2.32. The summed E-state index contributed by atoms with van der Waals surface area (Å²) in [4.78, 5) is 4.33. The Kier molecular flexibility index (Phi) is 7.72. The van der Waals surface area contributed by atoms with Gasteiger partial charge in [0.15, 0.2) is 5.96 Å². The van der Waals surface area contributed by atoms with Gasteiger partial charge in [0.25, 0.3) is 0 Å². The Morgan fingerprint density at radius 3 is 2.62 bits per heavy atom. The molecule has 0 amide bonds. The minimum Gasteiger partial charge on any atom is -0.491 e. The van der Waals surface area contributed by atoms with E-state index in [1.807, 2.05) is 13.8 Å². The Labute approximate surface area is 157 Å². The monoisotopic (exact) mass is 363 g/mol. The summed E-state index contributed by atoms with van der Waals surface area (Å²) in [6.45, 7) is 8.97. The second kappa shape index (κ2) is 9.78. The number of benzene rings is 1. The number of nitrogens with zero attached hydrogens (tertiary/aromatic N) is 1. The molecule has 26 heavy (non-hydrogen) atoms. The van der Waals surface area contributed by atoms with E-state index in [0.717, 1.165) is 43.3 Å². The molecule has 2 rings (SSSR count). The number of aliphatic imine (C=N–C) groups is 1. The first kappa shape index (κ1) is 20.5. The van der Waals surface area contributed by atoms with Crippen molar-refractivity contribution in [2.45, 2.75) is 51.9 Å². The van der Waals surface area contributed by atoms with Gasteiger partial charge in [-0.25, -0.2) is 0 Å². The standard InChI is InChI=1S/C20H33N3O3/c1-15(2)26-18-12-16(3)6-7-17(18)13-22-19(21-4)23-14-20(24-5)8-10-25-11-9-20/h6-7,12,15H,8-11,13-14H2,1-5H3,(H2,21,22,23). The van der Waals surface area contributed by atoms with Crippen LogP contribution in [-0.4, -0.2) is 51.6 Å². The van der Waals surface area contributed by atoms with Crippen LogP contribution in [0, 0.1) is 6.92 Å². The van der Waals surface area contributed by atoms with Crippen molar-refractivity contribution in [1.82, 2.24) is 10.6 Å². The zero-order valence-electron chi connectivity index (χ0n) is 16.7. The van der Waals surface area contributed by atoms with Crippen molar-refractivity contribution in [3.05, 3.63) is 29.3 Å². The zero-order valence-corrected chi connectivity index (χ0v) is 16.7. The van der Waals surface area contributed by atoms with E-state index in [1.54, 1.807) is 14.2 Å². The molecule has 1 aromatic carbocycles. The molecule has 0 bridgehead atoms. The van der Waals surface area contributed by atoms with Crippen LogP contribution in [0.4, 0.5) is 0 Å². The normalized spacial score (nSPS) is 17.2. The van der Waals surface area contributed by atoms with Gasteiger partial charge in [0, 0.05) is 58.9 Å². The van der Waals surface area contributed by atoms with E-state index in [4.69, 9.17) is 14.2 Å². The summed E-state index contributed by atoms with van der Waals surface area (Å²) < 4.78 is 17.2. The lowest BCUT2D eigenvalue weighted by Crippen LogP contribution is -2.50. The molecule has 1 saturated heterocycles.